The van der Waals surface area contributed by atoms with Crippen LogP contribution in [0.5, 0.6) is 0 Å². The van der Waals surface area contributed by atoms with E-state index in [4.69, 9.17) is 5.73 Å². The molecule has 0 aliphatic rings. The molecule has 0 unspecified atom stereocenters. The van der Waals surface area contributed by atoms with Crippen LogP contribution in [0.2, 0.25) is 0 Å². The number of nitrogens with zero attached hydrogens (tertiary/aromatic N) is 2. The summed E-state index contributed by atoms with van der Waals surface area (Å²) in [6, 6.07) is 23.0. The molecule has 0 aliphatic heterocycles. The maximum atomic E-state index is 12.6. The third-order valence-corrected chi connectivity index (χ3v) is 6.89. The Hall–Kier alpha value is -2.75. The summed E-state index contributed by atoms with van der Waals surface area (Å²) in [6.07, 6.45) is 0. The monoisotopic (exact) mass is 558 g/mol. The van der Waals surface area contributed by atoms with Crippen molar-refractivity contribution >= 4 is 53.5 Å². The van der Waals surface area contributed by atoms with Gasteiger partial charge in [0, 0.05) is 25.8 Å². The van der Waals surface area contributed by atoms with Gasteiger partial charge < -0.3 is 5.73 Å². The number of halogens is 2. The fourth-order valence-electron chi connectivity index (χ4n) is 2.92. The lowest BCUT2D eigenvalue weighted by atomic mass is 10.1. The number of aromatic nitrogens is 2. The lowest BCUT2D eigenvalue weighted by molar-refractivity contribution is 0.601. The van der Waals surface area contributed by atoms with Gasteiger partial charge in [0.1, 0.15) is 0 Å². The van der Waals surface area contributed by atoms with Crippen LogP contribution in [-0.4, -0.2) is 18.4 Å². The molecule has 1 heterocycles. The quantitative estimate of drug-likeness (QED) is 0.326. The van der Waals surface area contributed by atoms with Crippen molar-refractivity contribution in [3.05, 3.63) is 87.8 Å². The van der Waals surface area contributed by atoms with Crippen LogP contribution in [0, 0.1) is 0 Å². The maximum absolute atomic E-state index is 12.6. The van der Waals surface area contributed by atoms with E-state index in [0.29, 0.717) is 17.1 Å². The van der Waals surface area contributed by atoms with E-state index in [9.17, 15) is 8.42 Å². The van der Waals surface area contributed by atoms with Crippen molar-refractivity contribution in [1.82, 2.24) is 9.97 Å². The lowest BCUT2D eigenvalue weighted by Gasteiger charge is -2.10. The molecule has 4 aromatic rings. The van der Waals surface area contributed by atoms with Crippen LogP contribution in [0.25, 0.3) is 22.5 Å². The number of nitrogens with two attached hydrogens (primary N) is 1. The summed E-state index contributed by atoms with van der Waals surface area (Å²) >= 11 is 6.72. The summed E-state index contributed by atoms with van der Waals surface area (Å²) in [5.41, 5.74) is 9.43. The third kappa shape index (κ3) is 5.12. The van der Waals surface area contributed by atoms with Crippen LogP contribution >= 0.6 is 31.9 Å². The van der Waals surface area contributed by atoms with E-state index in [1.54, 1.807) is 36.4 Å². The molecule has 0 aliphatic carbocycles. The van der Waals surface area contributed by atoms with Crippen LogP contribution in [0.3, 0.4) is 0 Å². The Morgan fingerprint density at radius 2 is 1.16 bits per heavy atom. The second-order valence-electron chi connectivity index (χ2n) is 6.64. The fraction of sp³-hybridized carbons (Fsp3) is 0. The third-order valence-electron chi connectivity index (χ3n) is 4.44. The molecule has 0 bridgehead atoms. The Bertz CT molecular complexity index is 1330. The highest BCUT2D eigenvalue weighted by atomic mass is 79.9. The number of nitrogen functional groups attached to an aromatic ring is 1. The minimum absolute atomic E-state index is 0.162. The van der Waals surface area contributed by atoms with Gasteiger partial charge in [-0.3, -0.25) is 4.72 Å². The van der Waals surface area contributed by atoms with Crippen LogP contribution in [-0.2, 0) is 10.0 Å². The topological polar surface area (TPSA) is 98.0 Å². The lowest BCUT2D eigenvalue weighted by Crippen LogP contribution is -2.12. The van der Waals surface area contributed by atoms with Gasteiger partial charge in [-0.2, -0.15) is 0 Å². The molecule has 1 aromatic heterocycles. The highest BCUT2D eigenvalue weighted by molar-refractivity contribution is 9.10. The zero-order valence-electron chi connectivity index (χ0n) is 16.0. The molecule has 0 saturated heterocycles. The van der Waals surface area contributed by atoms with Crippen molar-refractivity contribution in [1.29, 1.82) is 0 Å². The Morgan fingerprint density at radius 1 is 0.710 bits per heavy atom. The summed E-state index contributed by atoms with van der Waals surface area (Å²) in [7, 11) is -3.68. The first-order valence-corrected chi connectivity index (χ1v) is 12.2. The summed E-state index contributed by atoms with van der Waals surface area (Å²) in [4.78, 5) is 8.83. The molecular weight excluding hydrogens is 544 g/mol. The largest absolute Gasteiger partial charge is 0.368 e. The van der Waals surface area contributed by atoms with E-state index in [0.717, 1.165) is 20.1 Å². The van der Waals surface area contributed by atoms with Crippen molar-refractivity contribution < 1.29 is 8.42 Å². The second kappa shape index (κ2) is 8.78. The van der Waals surface area contributed by atoms with Gasteiger partial charge >= 0.3 is 0 Å². The molecule has 0 amide bonds. The number of hydrogen-bond donors (Lipinski definition) is 2. The first-order valence-electron chi connectivity index (χ1n) is 9.09. The normalized spacial score (nSPS) is 11.3. The zero-order valence-corrected chi connectivity index (χ0v) is 19.9. The molecule has 0 radical (unpaired) electrons. The number of anilines is 2. The molecule has 0 saturated carbocycles. The minimum Gasteiger partial charge on any atom is -0.368 e. The Kier molecular flexibility index (Phi) is 6.08. The molecule has 9 heteroatoms. The molecular formula is C22H16Br2N4O2S. The van der Waals surface area contributed by atoms with Gasteiger partial charge in [-0.05, 0) is 54.6 Å². The van der Waals surface area contributed by atoms with Crippen LogP contribution in [0.1, 0.15) is 0 Å². The Labute approximate surface area is 196 Å². The smallest absolute Gasteiger partial charge is 0.261 e. The van der Waals surface area contributed by atoms with E-state index < -0.39 is 10.0 Å². The van der Waals surface area contributed by atoms with Gasteiger partial charge in [0.25, 0.3) is 10.0 Å². The number of hydrogen-bond acceptors (Lipinski definition) is 5. The highest BCUT2D eigenvalue weighted by Gasteiger charge is 2.14. The van der Waals surface area contributed by atoms with Gasteiger partial charge in [-0.15, -0.1) is 0 Å². The molecule has 6 nitrogen and oxygen atoms in total. The van der Waals surface area contributed by atoms with Crippen LogP contribution in [0.4, 0.5) is 11.6 Å². The second-order valence-corrected chi connectivity index (χ2v) is 10.2. The van der Waals surface area contributed by atoms with Crippen molar-refractivity contribution in [3.63, 3.8) is 0 Å². The van der Waals surface area contributed by atoms with E-state index >= 15 is 0 Å². The first kappa shape index (κ1) is 21.5. The number of rotatable bonds is 5. The molecule has 3 N–H and O–H groups in total. The molecule has 0 atom stereocenters. The number of nitrogens with one attached hydrogen (secondary N) is 1. The van der Waals surface area contributed by atoms with Crippen molar-refractivity contribution in [2.45, 2.75) is 4.90 Å². The summed E-state index contributed by atoms with van der Waals surface area (Å²) in [6.45, 7) is 0. The van der Waals surface area contributed by atoms with E-state index in [1.165, 1.54) is 12.1 Å². The average Bonchev–Trinajstić information content (AvgIpc) is 2.74. The average molecular weight is 560 g/mol. The molecule has 0 spiro atoms. The summed E-state index contributed by atoms with van der Waals surface area (Å²) in [5.74, 6) is 0.162. The fourth-order valence-corrected chi connectivity index (χ4v) is 4.51. The van der Waals surface area contributed by atoms with Gasteiger partial charge in [0.15, 0.2) is 0 Å². The minimum atomic E-state index is -3.68. The van der Waals surface area contributed by atoms with Crippen LogP contribution < -0.4 is 10.5 Å². The predicted octanol–water partition coefficient (Wildman–Crippen LogP) is 5.72. The van der Waals surface area contributed by atoms with Gasteiger partial charge in [0.05, 0.1) is 16.3 Å². The number of sulfonamides is 1. The van der Waals surface area contributed by atoms with Gasteiger partial charge in [-0.1, -0.05) is 56.1 Å². The van der Waals surface area contributed by atoms with Crippen molar-refractivity contribution in [2.75, 3.05) is 10.5 Å². The van der Waals surface area contributed by atoms with E-state index in [2.05, 4.69) is 46.5 Å². The number of benzene rings is 3. The molecule has 31 heavy (non-hydrogen) atoms. The first-order chi connectivity index (χ1) is 14.8. The zero-order chi connectivity index (χ0) is 22.0. The Balaban J connectivity index is 1.59. The van der Waals surface area contributed by atoms with Gasteiger partial charge in [-0.25, -0.2) is 18.4 Å². The van der Waals surface area contributed by atoms with Crippen molar-refractivity contribution in [3.8, 4) is 22.5 Å². The van der Waals surface area contributed by atoms with Crippen molar-refractivity contribution in [2.24, 2.45) is 0 Å². The molecule has 3 aromatic carbocycles. The standard InChI is InChI=1S/C22H16Br2N4O2S/c23-16-5-1-14(2-6-16)20-13-21(27-22(25)26-20)15-3-9-18(10-4-15)28-31(29,30)19-11-7-17(24)8-12-19/h1-13,28H,(H2,25,26,27). The van der Waals surface area contributed by atoms with Gasteiger partial charge in [0.2, 0.25) is 5.95 Å². The van der Waals surface area contributed by atoms with E-state index in [-0.39, 0.29) is 10.8 Å². The summed E-state index contributed by atoms with van der Waals surface area (Å²) in [5, 5.41) is 0. The van der Waals surface area contributed by atoms with E-state index in [1.807, 2.05) is 30.3 Å². The molecule has 0 fully saturated rings. The Morgan fingerprint density at radius 3 is 1.68 bits per heavy atom. The SMILES string of the molecule is Nc1nc(-c2ccc(Br)cc2)cc(-c2ccc(NS(=O)(=O)c3ccc(Br)cc3)cc2)n1. The van der Waals surface area contributed by atoms with Crippen LogP contribution in [0.15, 0.2) is 92.7 Å². The molecule has 156 valence electrons. The molecule has 4 rings (SSSR count). The predicted molar refractivity (Wildman–Crippen MR) is 130 cm³/mol. The summed E-state index contributed by atoms with van der Waals surface area (Å²) < 4.78 is 29.5. The highest BCUT2D eigenvalue weighted by Crippen LogP contribution is 2.27. The maximum Gasteiger partial charge on any atom is 0.261 e.